The first-order valence-corrected chi connectivity index (χ1v) is 5.42. The zero-order valence-corrected chi connectivity index (χ0v) is 9.48. The summed E-state index contributed by atoms with van der Waals surface area (Å²) in [6, 6.07) is 0. The highest BCUT2D eigenvalue weighted by Crippen LogP contribution is 2.24. The third-order valence-corrected chi connectivity index (χ3v) is 2.69. The van der Waals surface area contributed by atoms with Crippen LogP contribution in [-0.2, 0) is 4.79 Å². The van der Waals surface area contributed by atoms with Crippen LogP contribution in [0.5, 0.6) is 0 Å². The van der Waals surface area contributed by atoms with Gasteiger partial charge >= 0.3 is 5.97 Å². The van der Waals surface area contributed by atoms with Crippen LogP contribution in [0.15, 0.2) is 0 Å². The minimum atomic E-state index is -1.09. The van der Waals surface area contributed by atoms with Crippen molar-refractivity contribution in [1.29, 1.82) is 0 Å². The first-order valence-electron chi connectivity index (χ1n) is 4.11. The molecule has 0 saturated carbocycles. The number of nitrogens with one attached hydrogen (secondary N) is 1. The molecule has 0 aromatic carbocycles. The highest BCUT2D eigenvalue weighted by molar-refractivity contribution is 7.11. The number of nitrogens with zero attached hydrogens (tertiary/aromatic N) is 1. The number of hydrogen-bond acceptors (Lipinski definition) is 4. The van der Waals surface area contributed by atoms with Gasteiger partial charge in [-0.05, 0) is 18.5 Å². The monoisotopic (exact) mass is 248 g/mol. The lowest BCUT2D eigenvalue weighted by Gasteiger charge is -2.01. The summed E-state index contributed by atoms with van der Waals surface area (Å²) in [5.74, 6) is -1.20. The van der Waals surface area contributed by atoms with Gasteiger partial charge in [0.05, 0.1) is 5.69 Å². The molecule has 1 aromatic heterocycles. The molecule has 0 bridgehead atoms. The van der Waals surface area contributed by atoms with Crippen molar-refractivity contribution in [2.75, 3.05) is 11.2 Å². The van der Waals surface area contributed by atoms with E-state index in [0.717, 1.165) is 11.5 Å². The van der Waals surface area contributed by atoms with Gasteiger partial charge in [-0.3, -0.25) is 4.79 Å². The Bertz CT molecular complexity index is 391. The summed E-state index contributed by atoms with van der Waals surface area (Å²) in [6.07, 6.45) is 0.150. The van der Waals surface area contributed by atoms with Crippen LogP contribution >= 0.6 is 23.1 Å². The topological polar surface area (TPSA) is 79.3 Å². The Balaban J connectivity index is 2.86. The normalized spacial score (nSPS) is 10.0. The van der Waals surface area contributed by atoms with E-state index in [-0.39, 0.29) is 28.8 Å². The van der Waals surface area contributed by atoms with E-state index >= 15 is 0 Å². The van der Waals surface area contributed by atoms with Crippen LogP contribution in [0.4, 0.5) is 5.00 Å². The smallest absolute Gasteiger partial charge is 0.340 e. The van der Waals surface area contributed by atoms with Crippen molar-refractivity contribution in [3.05, 3.63) is 11.3 Å². The number of alkyl halides is 1. The van der Waals surface area contributed by atoms with Crippen LogP contribution < -0.4 is 5.32 Å². The Morgan fingerprint density at radius 1 is 1.60 bits per heavy atom. The molecule has 82 valence electrons. The molecule has 1 amide bonds. The molecule has 2 N–H and O–H groups in total. The Morgan fingerprint density at radius 2 is 2.27 bits per heavy atom. The molecule has 0 unspecified atom stereocenters. The van der Waals surface area contributed by atoms with Crippen molar-refractivity contribution in [3.8, 4) is 0 Å². The van der Waals surface area contributed by atoms with Crippen LogP contribution in [-0.4, -0.2) is 27.2 Å². The van der Waals surface area contributed by atoms with Crippen LogP contribution in [0, 0.1) is 6.92 Å². The Labute approximate surface area is 95.2 Å². The van der Waals surface area contributed by atoms with E-state index in [1.165, 1.54) is 0 Å². The minimum Gasteiger partial charge on any atom is -0.478 e. The maximum Gasteiger partial charge on any atom is 0.340 e. The molecular formula is C8H9ClN2O3S. The number of amides is 1. The van der Waals surface area contributed by atoms with E-state index in [1.54, 1.807) is 6.92 Å². The zero-order valence-electron chi connectivity index (χ0n) is 7.91. The van der Waals surface area contributed by atoms with Crippen LogP contribution in [0.25, 0.3) is 0 Å². The fourth-order valence-electron chi connectivity index (χ4n) is 0.982. The highest BCUT2D eigenvalue weighted by atomic mass is 35.5. The van der Waals surface area contributed by atoms with E-state index in [0.29, 0.717) is 5.69 Å². The lowest BCUT2D eigenvalue weighted by molar-refractivity contribution is -0.115. The third-order valence-electron chi connectivity index (χ3n) is 1.65. The number of carboxylic acid groups (broad SMARTS) is 1. The van der Waals surface area contributed by atoms with Gasteiger partial charge in [-0.1, -0.05) is 0 Å². The first kappa shape index (κ1) is 11.9. The molecule has 1 rings (SSSR count). The number of aromatic nitrogens is 1. The first-order chi connectivity index (χ1) is 7.06. The summed E-state index contributed by atoms with van der Waals surface area (Å²) in [4.78, 5) is 22.0. The van der Waals surface area contributed by atoms with Crippen molar-refractivity contribution in [2.45, 2.75) is 13.3 Å². The number of carbonyl (C=O) groups excluding carboxylic acids is 1. The number of carboxylic acids is 1. The second kappa shape index (κ2) is 5.09. The average molecular weight is 249 g/mol. The quantitative estimate of drug-likeness (QED) is 0.795. The number of halogens is 1. The second-order valence-corrected chi connectivity index (χ2v) is 3.92. The van der Waals surface area contributed by atoms with E-state index in [1.807, 2.05) is 0 Å². The fraction of sp³-hybridized carbons (Fsp3) is 0.375. The van der Waals surface area contributed by atoms with Gasteiger partial charge in [0.15, 0.2) is 0 Å². The summed E-state index contributed by atoms with van der Waals surface area (Å²) in [6.45, 7) is 1.58. The molecule has 7 heteroatoms. The maximum atomic E-state index is 11.2. The Kier molecular flexibility index (Phi) is 4.05. The SMILES string of the molecule is Cc1nsc(NC(=O)CCCl)c1C(=O)O. The van der Waals surface area contributed by atoms with Gasteiger partial charge in [-0.25, -0.2) is 4.79 Å². The van der Waals surface area contributed by atoms with Gasteiger partial charge in [0.25, 0.3) is 0 Å². The van der Waals surface area contributed by atoms with Crippen molar-refractivity contribution >= 4 is 40.0 Å². The standard InChI is InChI=1S/C8H9ClN2O3S/c1-4-6(8(13)14)7(15-11-4)10-5(12)2-3-9/h2-3H2,1H3,(H,10,12)(H,13,14). The van der Waals surface area contributed by atoms with Crippen LogP contribution in [0.2, 0.25) is 0 Å². The molecule has 5 nitrogen and oxygen atoms in total. The number of aryl methyl sites for hydroxylation is 1. The maximum absolute atomic E-state index is 11.2. The number of anilines is 1. The fourth-order valence-corrected chi connectivity index (χ4v) is 1.96. The summed E-state index contributed by atoms with van der Waals surface area (Å²) >= 11 is 6.33. The van der Waals surface area contributed by atoms with E-state index in [2.05, 4.69) is 9.69 Å². The number of hydrogen-bond donors (Lipinski definition) is 2. The Hall–Kier alpha value is -1.14. The summed E-state index contributed by atoms with van der Waals surface area (Å²) < 4.78 is 3.86. The summed E-state index contributed by atoms with van der Waals surface area (Å²) in [5, 5.41) is 11.6. The number of carbonyl (C=O) groups is 2. The summed E-state index contributed by atoms with van der Waals surface area (Å²) in [5.41, 5.74) is 0.441. The van der Waals surface area contributed by atoms with E-state index in [4.69, 9.17) is 16.7 Å². The summed E-state index contributed by atoms with van der Waals surface area (Å²) in [7, 11) is 0. The van der Waals surface area contributed by atoms with Crippen molar-refractivity contribution in [3.63, 3.8) is 0 Å². The molecular weight excluding hydrogens is 240 g/mol. The van der Waals surface area contributed by atoms with Gasteiger partial charge in [0.2, 0.25) is 5.91 Å². The third kappa shape index (κ3) is 2.90. The average Bonchev–Trinajstić information content (AvgIpc) is 2.47. The minimum absolute atomic E-state index is 0.0444. The van der Waals surface area contributed by atoms with Crippen LogP contribution in [0.3, 0.4) is 0 Å². The highest BCUT2D eigenvalue weighted by Gasteiger charge is 2.18. The molecule has 0 aliphatic rings. The van der Waals surface area contributed by atoms with Crippen molar-refractivity contribution in [2.24, 2.45) is 0 Å². The molecule has 0 atom stereocenters. The molecule has 0 aliphatic carbocycles. The Morgan fingerprint density at radius 3 is 2.80 bits per heavy atom. The van der Waals surface area contributed by atoms with Gasteiger partial charge < -0.3 is 10.4 Å². The zero-order chi connectivity index (χ0) is 11.4. The molecule has 0 radical (unpaired) electrons. The predicted octanol–water partition coefficient (Wildman–Crippen LogP) is 1.72. The van der Waals surface area contributed by atoms with E-state index in [9.17, 15) is 9.59 Å². The second-order valence-electron chi connectivity index (χ2n) is 2.76. The molecule has 0 fully saturated rings. The van der Waals surface area contributed by atoms with E-state index < -0.39 is 5.97 Å². The van der Waals surface area contributed by atoms with Crippen molar-refractivity contribution < 1.29 is 14.7 Å². The van der Waals surface area contributed by atoms with Gasteiger partial charge in [-0.15, -0.1) is 11.6 Å². The molecule has 1 heterocycles. The molecule has 0 saturated heterocycles. The predicted molar refractivity (Wildman–Crippen MR) is 57.8 cm³/mol. The molecule has 1 aromatic rings. The van der Waals surface area contributed by atoms with Gasteiger partial charge in [0, 0.05) is 12.3 Å². The van der Waals surface area contributed by atoms with Gasteiger partial charge in [0.1, 0.15) is 10.6 Å². The largest absolute Gasteiger partial charge is 0.478 e. The van der Waals surface area contributed by atoms with Gasteiger partial charge in [-0.2, -0.15) is 4.37 Å². The van der Waals surface area contributed by atoms with Crippen molar-refractivity contribution in [1.82, 2.24) is 4.37 Å². The lowest BCUT2D eigenvalue weighted by Crippen LogP contribution is -2.13. The number of rotatable bonds is 4. The molecule has 0 aliphatic heterocycles. The van der Waals surface area contributed by atoms with Crippen LogP contribution in [0.1, 0.15) is 22.5 Å². The number of aromatic carboxylic acids is 1. The lowest BCUT2D eigenvalue weighted by atomic mass is 10.2. The molecule has 15 heavy (non-hydrogen) atoms. The molecule has 0 spiro atoms.